The van der Waals surface area contributed by atoms with Gasteiger partial charge in [0.1, 0.15) is 35.7 Å². The van der Waals surface area contributed by atoms with Gasteiger partial charge in [0.25, 0.3) is 0 Å². The third-order valence-corrected chi connectivity index (χ3v) is 9.64. The smallest absolute Gasteiger partial charge is 0.247 e. The summed E-state index contributed by atoms with van der Waals surface area (Å²) < 4.78 is 11.9. The average Bonchev–Trinajstić information content (AvgIpc) is 3.50. The molecule has 2 heterocycles. The quantitative estimate of drug-likeness (QED) is 0.337. The first-order valence-corrected chi connectivity index (χ1v) is 16.9. The highest BCUT2D eigenvalue weighted by molar-refractivity contribution is 5.96. The van der Waals surface area contributed by atoms with Gasteiger partial charge in [-0.15, -0.1) is 0 Å². The first-order chi connectivity index (χ1) is 23.0. The molecule has 2 aliphatic heterocycles. The molecule has 11 heteroatoms. The maximum absolute atomic E-state index is 14.5. The van der Waals surface area contributed by atoms with Crippen LogP contribution in [-0.2, 0) is 25.6 Å². The summed E-state index contributed by atoms with van der Waals surface area (Å²) in [7, 11) is 5.25. The Morgan fingerprint density at radius 2 is 1.79 bits per heavy atom. The van der Waals surface area contributed by atoms with Gasteiger partial charge in [0, 0.05) is 24.7 Å². The van der Waals surface area contributed by atoms with Crippen LogP contribution in [0.25, 0.3) is 6.08 Å². The standard InChI is InChI=1S/C37H51N5O6/c1-8-23(3)31-35(44)38-19-17-26-22-27(15-16-29(26)47-7)48-30-18-20-42(33(30)36(45)39-31)37(46)32(24(4)9-2)40-34(43)28(41(5)6)21-25-13-11-10-12-14-25/h10-17,19,22-24,28,30-33H,8-9,18,20-21H2,1-7H3,(H,38,44)(H,39,45)(H,40,43)/b19-17+/t23?,24-,28-,30-,31-,32-,33-/m0/s1. The highest BCUT2D eigenvalue weighted by Crippen LogP contribution is 2.31. The molecule has 0 saturated carbocycles. The van der Waals surface area contributed by atoms with Gasteiger partial charge < -0.3 is 30.3 Å². The van der Waals surface area contributed by atoms with Gasteiger partial charge in [0.2, 0.25) is 23.6 Å². The Balaban J connectivity index is 1.68. The molecule has 11 nitrogen and oxygen atoms in total. The van der Waals surface area contributed by atoms with E-state index in [1.54, 1.807) is 31.4 Å². The van der Waals surface area contributed by atoms with Crippen LogP contribution >= 0.6 is 0 Å². The molecule has 1 unspecified atom stereocenters. The molecule has 2 aromatic rings. The third-order valence-electron chi connectivity index (χ3n) is 9.64. The van der Waals surface area contributed by atoms with Crippen LogP contribution in [0.5, 0.6) is 11.5 Å². The number of carbonyl (C=O) groups is 4. The Labute approximate surface area is 284 Å². The van der Waals surface area contributed by atoms with Crippen molar-refractivity contribution in [2.75, 3.05) is 27.7 Å². The third kappa shape index (κ3) is 8.55. The number of amides is 4. The van der Waals surface area contributed by atoms with E-state index in [2.05, 4.69) is 16.0 Å². The second kappa shape index (κ2) is 16.6. The van der Waals surface area contributed by atoms with Crippen molar-refractivity contribution in [3.8, 4) is 11.5 Å². The van der Waals surface area contributed by atoms with Crippen molar-refractivity contribution < 1.29 is 28.7 Å². The predicted molar refractivity (Wildman–Crippen MR) is 185 cm³/mol. The number of likely N-dealkylation sites (tertiary alicyclic amines) is 1. The lowest BCUT2D eigenvalue weighted by atomic mass is 9.95. The largest absolute Gasteiger partial charge is 0.496 e. The summed E-state index contributed by atoms with van der Waals surface area (Å²) in [4.78, 5) is 59.3. The number of nitrogens with zero attached hydrogens (tertiary/aromatic N) is 2. The van der Waals surface area contributed by atoms with Gasteiger partial charge in [-0.2, -0.15) is 0 Å². The Morgan fingerprint density at radius 3 is 2.44 bits per heavy atom. The Bertz CT molecular complexity index is 1460. The molecule has 7 atom stereocenters. The zero-order valence-corrected chi connectivity index (χ0v) is 29.2. The van der Waals surface area contributed by atoms with Gasteiger partial charge in [0.15, 0.2) is 0 Å². The van der Waals surface area contributed by atoms with E-state index in [1.807, 2.05) is 77.0 Å². The van der Waals surface area contributed by atoms with Crippen molar-refractivity contribution in [3.63, 3.8) is 0 Å². The zero-order valence-electron chi connectivity index (χ0n) is 29.2. The van der Waals surface area contributed by atoms with Crippen molar-refractivity contribution in [2.45, 2.75) is 83.6 Å². The second-order valence-corrected chi connectivity index (χ2v) is 13.1. The monoisotopic (exact) mass is 661 g/mol. The molecular formula is C37H51N5O6. The minimum atomic E-state index is -1.03. The molecule has 0 aliphatic carbocycles. The number of ether oxygens (including phenoxy) is 2. The molecule has 4 amide bonds. The average molecular weight is 662 g/mol. The van der Waals surface area contributed by atoms with Gasteiger partial charge in [-0.25, -0.2) is 0 Å². The molecule has 0 aromatic heterocycles. The minimum Gasteiger partial charge on any atom is -0.496 e. The van der Waals surface area contributed by atoms with Crippen LogP contribution in [-0.4, -0.2) is 91.4 Å². The van der Waals surface area contributed by atoms with E-state index in [4.69, 9.17) is 9.47 Å². The van der Waals surface area contributed by atoms with Crippen molar-refractivity contribution in [2.24, 2.45) is 11.8 Å². The Kier molecular flexibility index (Phi) is 12.6. The van der Waals surface area contributed by atoms with Crippen LogP contribution in [0.4, 0.5) is 0 Å². The van der Waals surface area contributed by atoms with E-state index in [0.717, 1.165) is 5.56 Å². The Morgan fingerprint density at radius 1 is 1.06 bits per heavy atom. The number of carbonyl (C=O) groups excluding carboxylic acids is 4. The van der Waals surface area contributed by atoms with Gasteiger partial charge >= 0.3 is 0 Å². The molecule has 1 saturated heterocycles. The maximum Gasteiger partial charge on any atom is 0.247 e. The summed E-state index contributed by atoms with van der Waals surface area (Å²) in [6.45, 7) is 7.99. The van der Waals surface area contributed by atoms with Crippen molar-refractivity contribution in [1.29, 1.82) is 0 Å². The summed E-state index contributed by atoms with van der Waals surface area (Å²) in [5.74, 6) is -0.779. The molecule has 1 fully saturated rings. The van der Waals surface area contributed by atoms with Gasteiger partial charge in [-0.3, -0.25) is 24.1 Å². The fourth-order valence-corrected chi connectivity index (χ4v) is 6.24. The van der Waals surface area contributed by atoms with Crippen LogP contribution in [0.1, 0.15) is 58.1 Å². The van der Waals surface area contributed by atoms with E-state index < -0.39 is 36.2 Å². The number of benzene rings is 2. The molecule has 2 bridgehead atoms. The highest BCUT2D eigenvalue weighted by Gasteiger charge is 2.47. The fraction of sp³-hybridized carbons (Fsp3) is 0.514. The predicted octanol–water partition coefficient (Wildman–Crippen LogP) is 3.38. The molecule has 4 rings (SSSR count). The van der Waals surface area contributed by atoms with Crippen molar-refractivity contribution in [1.82, 2.24) is 25.8 Å². The molecule has 2 aliphatic rings. The van der Waals surface area contributed by atoms with E-state index in [-0.39, 0.29) is 36.1 Å². The number of nitrogens with one attached hydrogen (secondary N) is 3. The molecule has 260 valence electrons. The van der Waals surface area contributed by atoms with Crippen molar-refractivity contribution >= 4 is 29.7 Å². The summed E-state index contributed by atoms with van der Waals surface area (Å²) in [6.07, 6.45) is 4.68. The highest BCUT2D eigenvalue weighted by atomic mass is 16.5. The van der Waals surface area contributed by atoms with E-state index in [1.165, 1.54) is 11.1 Å². The van der Waals surface area contributed by atoms with E-state index in [9.17, 15) is 19.2 Å². The number of fused-ring (bicyclic) bond motifs is 3. The lowest BCUT2D eigenvalue weighted by Crippen LogP contribution is -2.61. The van der Waals surface area contributed by atoms with Crippen LogP contribution in [0, 0.1) is 11.8 Å². The molecule has 2 aromatic carbocycles. The summed E-state index contributed by atoms with van der Waals surface area (Å²) in [5, 5.41) is 8.81. The topological polar surface area (TPSA) is 129 Å². The number of hydrogen-bond donors (Lipinski definition) is 3. The molecule has 3 N–H and O–H groups in total. The fourth-order valence-electron chi connectivity index (χ4n) is 6.24. The van der Waals surface area contributed by atoms with Gasteiger partial charge in [-0.1, -0.05) is 70.9 Å². The van der Waals surface area contributed by atoms with Crippen LogP contribution < -0.4 is 25.4 Å². The summed E-state index contributed by atoms with van der Waals surface area (Å²) >= 11 is 0. The zero-order chi connectivity index (χ0) is 35.0. The van der Waals surface area contributed by atoms with E-state index >= 15 is 0 Å². The number of hydrogen-bond acceptors (Lipinski definition) is 7. The molecular weight excluding hydrogens is 610 g/mol. The normalized spacial score (nSPS) is 22.7. The molecule has 48 heavy (non-hydrogen) atoms. The van der Waals surface area contributed by atoms with Crippen LogP contribution in [0.3, 0.4) is 0 Å². The molecule has 0 spiro atoms. The lowest BCUT2D eigenvalue weighted by Gasteiger charge is -2.35. The number of methoxy groups -OCH3 is 1. The van der Waals surface area contributed by atoms with E-state index in [0.29, 0.717) is 42.7 Å². The Hall–Kier alpha value is -4.38. The number of likely N-dealkylation sites (N-methyl/N-ethyl adjacent to an activating group) is 1. The van der Waals surface area contributed by atoms with Crippen LogP contribution in [0.2, 0.25) is 0 Å². The first-order valence-electron chi connectivity index (χ1n) is 16.9. The summed E-state index contributed by atoms with van der Waals surface area (Å²) in [5.41, 5.74) is 1.69. The summed E-state index contributed by atoms with van der Waals surface area (Å²) in [6, 6.07) is 11.8. The van der Waals surface area contributed by atoms with Gasteiger partial charge in [-0.05, 0) is 62.2 Å². The first kappa shape index (κ1) is 36.5. The van der Waals surface area contributed by atoms with Crippen molar-refractivity contribution in [3.05, 3.63) is 65.9 Å². The van der Waals surface area contributed by atoms with Crippen LogP contribution in [0.15, 0.2) is 54.7 Å². The SMILES string of the molecule is CCC(C)[C@@H]1NC(=O)[C@@H]2[C@H](CCN2C(=O)[C@@H](NC(=O)[C@H](Cc2ccccc2)N(C)C)[C@@H](C)CC)Oc2ccc(OC)c(c2)/C=C/NC1=O. The minimum absolute atomic E-state index is 0.187. The molecule has 0 radical (unpaired) electrons. The van der Waals surface area contributed by atoms with Gasteiger partial charge in [0.05, 0.1) is 13.2 Å². The second-order valence-electron chi connectivity index (χ2n) is 13.1. The number of rotatable bonds is 11. The lowest BCUT2D eigenvalue weighted by molar-refractivity contribution is -0.145. The maximum atomic E-state index is 14.5.